The number of amides is 3. The van der Waals surface area contributed by atoms with Crippen LogP contribution in [0.4, 0.5) is 35.9 Å². The van der Waals surface area contributed by atoms with E-state index in [4.69, 9.17) is 21.1 Å². The van der Waals surface area contributed by atoms with Gasteiger partial charge in [0.2, 0.25) is 17.0 Å². The molecule has 0 saturated heterocycles. The number of hydrogen-bond donors (Lipinski definition) is 4. The molecule has 6 heterocycles. The summed E-state index contributed by atoms with van der Waals surface area (Å²) in [6, 6.07) is 10.7. The molecule has 282 valence electrons. The first-order chi connectivity index (χ1) is 25.2. The van der Waals surface area contributed by atoms with Crippen LogP contribution >= 0.6 is 22.9 Å². The summed E-state index contributed by atoms with van der Waals surface area (Å²) in [7, 11) is 0. The van der Waals surface area contributed by atoms with Gasteiger partial charge in [-0.1, -0.05) is 49.8 Å². The fourth-order valence-corrected chi connectivity index (χ4v) is 5.85. The van der Waals surface area contributed by atoms with E-state index in [1.807, 2.05) is 20.8 Å². The number of aromatic nitrogens is 5. The maximum atomic E-state index is 13.5. The number of carbonyl (C=O) groups excluding carboxylic acids is 3. The number of ether oxygens (including phenoxy) is 2. The molecular weight excluding hydrogens is 741 g/mol. The molecule has 4 aliphatic heterocycles. The van der Waals surface area contributed by atoms with Crippen molar-refractivity contribution in [2.75, 3.05) is 48.8 Å². The van der Waals surface area contributed by atoms with Gasteiger partial charge >= 0.3 is 24.0 Å². The van der Waals surface area contributed by atoms with Gasteiger partial charge in [0.05, 0.1) is 11.6 Å². The van der Waals surface area contributed by atoms with Crippen LogP contribution in [0.3, 0.4) is 0 Å². The summed E-state index contributed by atoms with van der Waals surface area (Å²) >= 11 is 7.69. The molecule has 53 heavy (non-hydrogen) atoms. The summed E-state index contributed by atoms with van der Waals surface area (Å²) in [5.41, 5.74) is 0.717. The van der Waals surface area contributed by atoms with Crippen molar-refractivity contribution in [1.29, 1.82) is 0 Å². The zero-order valence-corrected chi connectivity index (χ0v) is 30.4. The van der Waals surface area contributed by atoms with Gasteiger partial charge in [-0.25, -0.2) is 0 Å². The summed E-state index contributed by atoms with van der Waals surface area (Å²) in [6.45, 7) is 4.67. The normalized spacial score (nSPS) is 15.3. The Morgan fingerprint density at radius 2 is 1.83 bits per heavy atom. The van der Waals surface area contributed by atoms with Crippen molar-refractivity contribution >= 4 is 63.4 Å². The Morgan fingerprint density at radius 1 is 1.08 bits per heavy atom. The Balaban J connectivity index is 1.37. The molecule has 0 unspecified atom stereocenters. The monoisotopic (exact) mass is 776 g/mol. The Morgan fingerprint density at radius 3 is 2.53 bits per heavy atom. The molecule has 20 heteroatoms. The van der Waals surface area contributed by atoms with Crippen molar-refractivity contribution in [3.63, 3.8) is 0 Å². The second-order valence-electron chi connectivity index (χ2n) is 12.6. The van der Waals surface area contributed by atoms with Gasteiger partial charge in [0, 0.05) is 37.4 Å². The minimum Gasteiger partial charge on any atom is -0.492 e. The van der Waals surface area contributed by atoms with Crippen LogP contribution in [0.25, 0.3) is 0 Å². The van der Waals surface area contributed by atoms with Gasteiger partial charge in [0.15, 0.2) is 6.61 Å². The molecule has 6 bridgehead atoms. The summed E-state index contributed by atoms with van der Waals surface area (Å²) in [5.74, 6) is -1.87. The molecule has 0 fully saturated rings. The Bertz CT molecular complexity index is 1930. The molecule has 2 aromatic heterocycles. The van der Waals surface area contributed by atoms with Crippen molar-refractivity contribution in [2.45, 2.75) is 46.3 Å². The van der Waals surface area contributed by atoms with E-state index < -0.39 is 41.9 Å². The number of aryl methyl sites for hydroxylation is 1. The summed E-state index contributed by atoms with van der Waals surface area (Å²) in [6.07, 6.45) is -3.65. The van der Waals surface area contributed by atoms with Crippen LogP contribution in [-0.4, -0.2) is 86.8 Å². The maximum absolute atomic E-state index is 13.5. The zero-order valence-electron chi connectivity index (χ0n) is 28.8. The second kappa shape index (κ2) is 17.0. The fraction of sp³-hybridized carbons (Fsp3) is 0.394. The highest BCUT2D eigenvalue weighted by Crippen LogP contribution is 2.27. The summed E-state index contributed by atoms with van der Waals surface area (Å²) in [4.78, 5) is 53.2. The van der Waals surface area contributed by atoms with E-state index in [0.29, 0.717) is 40.4 Å². The second-order valence-corrected chi connectivity index (χ2v) is 14.0. The lowest BCUT2D eigenvalue weighted by Gasteiger charge is -2.32. The van der Waals surface area contributed by atoms with Crippen molar-refractivity contribution in [2.24, 2.45) is 5.41 Å². The molecule has 4 aliphatic rings. The SMILES string of the molecule is CCc1nnc(NC(=O)C(=O)N2CCCOc3ccc(cc3Cl)CNc3nc(nc(OCC(F)(F)F)n3)Nc3ccc(cc3)C(=O)NCC(C)(C)C2)s1. The van der Waals surface area contributed by atoms with Gasteiger partial charge < -0.3 is 30.3 Å². The Labute approximate surface area is 311 Å². The van der Waals surface area contributed by atoms with Crippen LogP contribution in [0.2, 0.25) is 5.02 Å². The van der Waals surface area contributed by atoms with Crippen LogP contribution in [0, 0.1) is 5.41 Å². The summed E-state index contributed by atoms with van der Waals surface area (Å²) < 4.78 is 49.4. The fourth-order valence-electron chi connectivity index (χ4n) is 4.91. The molecule has 15 nitrogen and oxygen atoms in total. The molecule has 4 N–H and O–H groups in total. The number of alkyl halides is 3. The molecule has 8 rings (SSSR count). The van der Waals surface area contributed by atoms with E-state index in [1.165, 1.54) is 28.4 Å². The maximum Gasteiger partial charge on any atom is 0.422 e. The molecule has 3 amide bonds. The Hall–Kier alpha value is -5.30. The molecule has 2 aromatic carbocycles. The highest BCUT2D eigenvalue weighted by Gasteiger charge is 2.31. The van der Waals surface area contributed by atoms with E-state index in [0.717, 1.165) is 0 Å². The van der Waals surface area contributed by atoms with Crippen molar-refractivity contribution in [3.8, 4) is 11.8 Å². The van der Waals surface area contributed by atoms with Crippen molar-refractivity contribution < 1.29 is 37.0 Å². The number of rotatable bonds is 4. The minimum absolute atomic E-state index is 0.0778. The van der Waals surface area contributed by atoms with E-state index >= 15 is 0 Å². The predicted octanol–water partition coefficient (Wildman–Crippen LogP) is 5.24. The predicted molar refractivity (Wildman–Crippen MR) is 191 cm³/mol. The highest BCUT2D eigenvalue weighted by molar-refractivity contribution is 7.15. The quantitative estimate of drug-likeness (QED) is 0.198. The standard InChI is InChI=1S/C33H36ClF3N10O5S/c1-4-24-45-46-31(53-24)41-26(49)27(50)47-12-5-13-51-23-11-6-19(14-22(23)34)15-38-28-42-29(44-30(43-28)52-18-33(35,36)37)40-21-9-7-20(8-10-21)25(48)39-16-32(2,3)17-47/h6-11,14H,4-5,12-13,15-18H2,1-3H3,(H,39,48)(H,41,46,49)(H2,38,40,42,43,44). The first kappa shape index (κ1) is 38.9. The molecule has 0 aliphatic carbocycles. The third kappa shape index (κ3) is 11.6. The zero-order chi connectivity index (χ0) is 38.2. The van der Waals surface area contributed by atoms with Crippen LogP contribution in [-0.2, 0) is 22.6 Å². The van der Waals surface area contributed by atoms with Gasteiger partial charge in [-0.2, -0.15) is 28.1 Å². The number of hydrogen-bond acceptors (Lipinski definition) is 13. The lowest BCUT2D eigenvalue weighted by Crippen LogP contribution is -2.48. The van der Waals surface area contributed by atoms with Crippen LogP contribution < -0.4 is 30.7 Å². The Kier molecular flexibility index (Phi) is 12.5. The van der Waals surface area contributed by atoms with Crippen LogP contribution in [0.1, 0.15) is 48.1 Å². The average Bonchev–Trinajstić information content (AvgIpc) is 3.57. The van der Waals surface area contributed by atoms with Crippen molar-refractivity contribution in [3.05, 3.63) is 63.6 Å². The van der Waals surface area contributed by atoms with Gasteiger partial charge in [-0.15, -0.1) is 10.2 Å². The van der Waals surface area contributed by atoms with Crippen LogP contribution in [0.15, 0.2) is 42.5 Å². The van der Waals surface area contributed by atoms with Gasteiger partial charge in [0.25, 0.3) is 5.91 Å². The lowest BCUT2D eigenvalue weighted by atomic mass is 9.92. The van der Waals surface area contributed by atoms with E-state index in [-0.39, 0.29) is 54.8 Å². The number of anilines is 4. The first-order valence-electron chi connectivity index (χ1n) is 16.3. The van der Waals surface area contributed by atoms with Gasteiger partial charge in [-0.3, -0.25) is 19.7 Å². The average molecular weight is 777 g/mol. The molecule has 0 spiro atoms. The third-order valence-electron chi connectivity index (χ3n) is 7.48. The third-order valence-corrected chi connectivity index (χ3v) is 8.76. The van der Waals surface area contributed by atoms with E-state index in [9.17, 15) is 27.6 Å². The number of nitrogens with one attached hydrogen (secondary N) is 4. The van der Waals surface area contributed by atoms with Crippen molar-refractivity contribution in [1.82, 2.24) is 35.4 Å². The van der Waals surface area contributed by atoms with E-state index in [1.54, 1.807) is 30.3 Å². The van der Waals surface area contributed by atoms with Gasteiger partial charge in [-0.05, 0) is 60.2 Å². The number of carbonyl (C=O) groups is 3. The highest BCUT2D eigenvalue weighted by atomic mass is 35.5. The number of halogens is 4. The summed E-state index contributed by atoms with van der Waals surface area (Å²) in [5, 5.41) is 20.3. The number of nitrogens with zero attached hydrogens (tertiary/aromatic N) is 6. The molecule has 0 atom stereocenters. The molecule has 0 saturated carbocycles. The molecule has 4 aromatic rings. The topological polar surface area (TPSA) is 185 Å². The molecule has 0 radical (unpaired) electrons. The van der Waals surface area contributed by atoms with E-state index in [2.05, 4.69) is 46.4 Å². The van der Waals surface area contributed by atoms with Crippen LogP contribution in [0.5, 0.6) is 11.8 Å². The minimum atomic E-state index is -4.62. The smallest absolute Gasteiger partial charge is 0.422 e. The largest absolute Gasteiger partial charge is 0.492 e. The lowest BCUT2D eigenvalue weighted by molar-refractivity contribution is -0.154. The number of benzene rings is 2. The molecular formula is C33H36ClF3N10O5S. The van der Waals surface area contributed by atoms with Gasteiger partial charge in [0.1, 0.15) is 10.8 Å². The first-order valence-corrected chi connectivity index (χ1v) is 17.5.